The van der Waals surface area contributed by atoms with Gasteiger partial charge in [-0.2, -0.15) is 0 Å². The summed E-state index contributed by atoms with van der Waals surface area (Å²) in [7, 11) is 0. The van der Waals surface area contributed by atoms with Gasteiger partial charge < -0.3 is 10.4 Å². The van der Waals surface area contributed by atoms with Crippen molar-refractivity contribution in [1.29, 1.82) is 0 Å². The van der Waals surface area contributed by atoms with Crippen LogP contribution in [-0.4, -0.2) is 17.6 Å². The first-order valence-electron chi connectivity index (χ1n) is 5.67. The van der Waals surface area contributed by atoms with E-state index in [4.69, 9.17) is 5.11 Å². The molecule has 2 rings (SSSR count). The third-order valence-corrected chi connectivity index (χ3v) is 4.34. The zero-order valence-electron chi connectivity index (χ0n) is 9.45. The number of hydrogen-bond donors (Lipinski definition) is 2. The molecule has 4 heteroatoms. The maximum atomic E-state index is 10.7. The Morgan fingerprint density at radius 3 is 2.88 bits per heavy atom. The number of aromatic carboxylic acids is 1. The first kappa shape index (κ1) is 11.6. The lowest BCUT2D eigenvalue weighted by Gasteiger charge is -2.12. The summed E-state index contributed by atoms with van der Waals surface area (Å²) in [5.74, 6) is -0.838. The third-order valence-electron chi connectivity index (χ3n) is 3.41. The molecule has 0 radical (unpaired) electrons. The molecule has 1 aliphatic rings. The van der Waals surface area contributed by atoms with E-state index in [2.05, 4.69) is 12.2 Å². The summed E-state index contributed by atoms with van der Waals surface area (Å²) in [6, 6.07) is 1.76. The number of carboxylic acid groups (broad SMARTS) is 1. The fourth-order valence-electron chi connectivity index (χ4n) is 1.87. The van der Waals surface area contributed by atoms with Crippen molar-refractivity contribution in [1.82, 2.24) is 5.32 Å². The molecule has 16 heavy (non-hydrogen) atoms. The molecular weight excluding hydrogens is 222 g/mol. The normalized spacial score (nSPS) is 17.3. The average Bonchev–Trinajstić information content (AvgIpc) is 2.88. The second kappa shape index (κ2) is 4.55. The smallest absolute Gasteiger partial charge is 0.336 e. The van der Waals surface area contributed by atoms with E-state index in [1.807, 2.05) is 0 Å². The van der Waals surface area contributed by atoms with E-state index in [1.54, 1.807) is 11.4 Å². The number of thiophene rings is 1. The molecule has 88 valence electrons. The lowest BCUT2D eigenvalue weighted by atomic mass is 10.0. The number of carboxylic acids is 1. The minimum atomic E-state index is -0.838. The Kier molecular flexibility index (Phi) is 3.30. The molecular formula is C12H17NO2S. The third kappa shape index (κ3) is 2.62. The fraction of sp³-hybridized carbons (Fsp3) is 0.583. The largest absolute Gasteiger partial charge is 0.478 e. The van der Waals surface area contributed by atoms with Crippen molar-refractivity contribution in [2.45, 2.75) is 32.7 Å². The molecule has 0 aliphatic heterocycles. The highest BCUT2D eigenvalue weighted by Gasteiger charge is 2.39. The van der Waals surface area contributed by atoms with Crippen LogP contribution in [0.25, 0.3) is 0 Å². The lowest BCUT2D eigenvalue weighted by Crippen LogP contribution is -2.22. The van der Waals surface area contributed by atoms with Crippen LogP contribution in [-0.2, 0) is 6.54 Å². The van der Waals surface area contributed by atoms with Crippen molar-refractivity contribution < 1.29 is 9.90 Å². The molecule has 3 nitrogen and oxygen atoms in total. The minimum Gasteiger partial charge on any atom is -0.478 e. The maximum Gasteiger partial charge on any atom is 0.336 e. The van der Waals surface area contributed by atoms with E-state index in [9.17, 15) is 4.79 Å². The van der Waals surface area contributed by atoms with Gasteiger partial charge in [-0.05, 0) is 30.7 Å². The van der Waals surface area contributed by atoms with Crippen LogP contribution in [0.3, 0.4) is 0 Å². The lowest BCUT2D eigenvalue weighted by molar-refractivity contribution is 0.0697. The van der Waals surface area contributed by atoms with Crippen molar-refractivity contribution in [2.75, 3.05) is 6.54 Å². The fourth-order valence-corrected chi connectivity index (χ4v) is 2.70. The highest BCUT2D eigenvalue weighted by atomic mass is 32.1. The first-order valence-corrected chi connectivity index (χ1v) is 6.55. The van der Waals surface area contributed by atoms with Gasteiger partial charge in [-0.25, -0.2) is 4.79 Å². The summed E-state index contributed by atoms with van der Waals surface area (Å²) in [5.41, 5.74) is 0.950. The first-order chi connectivity index (χ1) is 7.65. The molecule has 1 aromatic heterocycles. The molecule has 0 amide bonds. The highest BCUT2D eigenvalue weighted by molar-refractivity contribution is 7.10. The predicted molar refractivity (Wildman–Crippen MR) is 64.9 cm³/mol. The van der Waals surface area contributed by atoms with Crippen LogP contribution in [0.4, 0.5) is 0 Å². The minimum absolute atomic E-state index is 0.401. The van der Waals surface area contributed by atoms with Crippen LogP contribution in [0.1, 0.15) is 41.4 Å². The number of hydrogen-bond acceptors (Lipinski definition) is 3. The topological polar surface area (TPSA) is 49.3 Å². The number of nitrogens with one attached hydrogen (secondary N) is 1. The van der Waals surface area contributed by atoms with Gasteiger partial charge in [0.15, 0.2) is 0 Å². The molecule has 0 aromatic carbocycles. The van der Waals surface area contributed by atoms with E-state index in [0.717, 1.165) is 18.0 Å². The van der Waals surface area contributed by atoms with Crippen LogP contribution in [0, 0.1) is 5.41 Å². The van der Waals surface area contributed by atoms with Gasteiger partial charge in [0.1, 0.15) is 0 Å². The average molecular weight is 239 g/mol. The Balaban J connectivity index is 1.79. The van der Waals surface area contributed by atoms with Gasteiger partial charge in [0.25, 0.3) is 0 Å². The maximum absolute atomic E-state index is 10.7. The Bertz CT molecular complexity index is 382. The number of rotatable bonds is 6. The molecule has 1 aromatic rings. The van der Waals surface area contributed by atoms with Crippen molar-refractivity contribution in [3.8, 4) is 0 Å². The summed E-state index contributed by atoms with van der Waals surface area (Å²) in [6.07, 6.45) is 3.91. The summed E-state index contributed by atoms with van der Waals surface area (Å²) < 4.78 is 0. The van der Waals surface area contributed by atoms with Gasteiger partial charge in [0.05, 0.1) is 5.56 Å². The molecule has 1 fully saturated rings. The molecule has 2 N–H and O–H groups in total. The summed E-state index contributed by atoms with van der Waals surface area (Å²) in [5, 5.41) is 13.9. The van der Waals surface area contributed by atoms with Gasteiger partial charge in [0, 0.05) is 23.3 Å². The molecule has 1 heterocycles. The van der Waals surface area contributed by atoms with Gasteiger partial charge in [0.2, 0.25) is 0 Å². The standard InChI is InChI=1S/C12H17NO2S/c1-2-12(3-4-12)8-13-6-10-5-9(7-16-10)11(14)15/h5,7,13H,2-4,6,8H2,1H3,(H,14,15). The summed E-state index contributed by atoms with van der Waals surface area (Å²) in [4.78, 5) is 11.8. The Morgan fingerprint density at radius 2 is 2.38 bits per heavy atom. The molecule has 0 bridgehead atoms. The zero-order valence-corrected chi connectivity index (χ0v) is 10.3. The van der Waals surface area contributed by atoms with E-state index >= 15 is 0 Å². The van der Waals surface area contributed by atoms with E-state index in [0.29, 0.717) is 11.0 Å². The van der Waals surface area contributed by atoms with Gasteiger partial charge >= 0.3 is 5.97 Å². The van der Waals surface area contributed by atoms with Gasteiger partial charge in [-0.3, -0.25) is 0 Å². The monoisotopic (exact) mass is 239 g/mol. The van der Waals surface area contributed by atoms with E-state index < -0.39 is 5.97 Å². The summed E-state index contributed by atoms with van der Waals surface area (Å²) >= 11 is 1.51. The van der Waals surface area contributed by atoms with Crippen LogP contribution < -0.4 is 5.32 Å². The molecule has 0 unspecified atom stereocenters. The molecule has 1 saturated carbocycles. The molecule has 0 spiro atoms. The van der Waals surface area contributed by atoms with Gasteiger partial charge in [-0.1, -0.05) is 6.92 Å². The predicted octanol–water partition coefficient (Wildman–Crippen LogP) is 2.73. The second-order valence-corrected chi connectivity index (χ2v) is 5.56. The van der Waals surface area contributed by atoms with Crippen molar-refractivity contribution >= 4 is 17.3 Å². The SMILES string of the molecule is CCC1(CNCc2cc(C(=O)O)cs2)CC1. The second-order valence-electron chi connectivity index (χ2n) is 4.56. The Labute approximate surface area is 99.5 Å². The van der Waals surface area contributed by atoms with E-state index in [1.165, 1.54) is 30.6 Å². The van der Waals surface area contributed by atoms with Crippen LogP contribution in [0.5, 0.6) is 0 Å². The van der Waals surface area contributed by atoms with Crippen LogP contribution in [0.15, 0.2) is 11.4 Å². The van der Waals surface area contributed by atoms with Crippen molar-refractivity contribution in [3.63, 3.8) is 0 Å². The highest BCUT2D eigenvalue weighted by Crippen LogP contribution is 2.47. The summed E-state index contributed by atoms with van der Waals surface area (Å²) in [6.45, 7) is 4.09. The number of carbonyl (C=O) groups is 1. The quantitative estimate of drug-likeness (QED) is 0.802. The molecule has 0 atom stereocenters. The van der Waals surface area contributed by atoms with Crippen LogP contribution in [0.2, 0.25) is 0 Å². The molecule has 1 aliphatic carbocycles. The molecule has 0 saturated heterocycles. The Hall–Kier alpha value is -0.870. The van der Waals surface area contributed by atoms with Gasteiger partial charge in [-0.15, -0.1) is 11.3 Å². The Morgan fingerprint density at radius 1 is 1.62 bits per heavy atom. The van der Waals surface area contributed by atoms with E-state index in [-0.39, 0.29) is 0 Å². The van der Waals surface area contributed by atoms with Crippen molar-refractivity contribution in [2.24, 2.45) is 5.41 Å². The zero-order chi connectivity index (χ0) is 11.6. The van der Waals surface area contributed by atoms with Crippen LogP contribution >= 0.6 is 11.3 Å². The van der Waals surface area contributed by atoms with Crippen molar-refractivity contribution in [3.05, 3.63) is 21.9 Å².